The number of nitrogens with zero attached hydrogens (tertiary/aromatic N) is 1. The summed E-state index contributed by atoms with van der Waals surface area (Å²) in [6.45, 7) is 1.98. The molecule has 2 amide bonds. The van der Waals surface area contributed by atoms with Crippen molar-refractivity contribution >= 4 is 52.5 Å². The summed E-state index contributed by atoms with van der Waals surface area (Å²) < 4.78 is 0. The van der Waals surface area contributed by atoms with Crippen molar-refractivity contribution in [3.05, 3.63) is 64.2 Å². The maximum atomic E-state index is 13.0. The molecule has 2 aromatic carbocycles. The van der Waals surface area contributed by atoms with Crippen LogP contribution in [-0.4, -0.2) is 22.0 Å². The summed E-state index contributed by atoms with van der Waals surface area (Å²) >= 11 is 11.1. The molecule has 1 fully saturated rings. The van der Waals surface area contributed by atoms with Crippen LogP contribution in [0.25, 0.3) is 6.08 Å². The lowest BCUT2D eigenvalue weighted by molar-refractivity contribution is -0.122. The van der Waals surface area contributed by atoms with Gasteiger partial charge >= 0.3 is 0 Å². The third kappa shape index (κ3) is 3.34. The Bertz CT molecular complexity index is 956. The molecule has 5 nitrogen and oxygen atoms in total. The summed E-state index contributed by atoms with van der Waals surface area (Å²) in [5.41, 5.74) is 2.03. The number of rotatable bonds is 3. The van der Waals surface area contributed by atoms with Gasteiger partial charge in [-0.15, -0.1) is 0 Å². The number of carbonyl (C=O) groups excluding carboxylic acids is 2. The van der Waals surface area contributed by atoms with Gasteiger partial charge in [-0.25, -0.2) is 0 Å². The molecule has 132 valence electrons. The maximum absolute atomic E-state index is 13.0. The number of phenols is 1. The minimum Gasteiger partial charge on any atom is -0.506 e. The molecule has 1 aliphatic rings. The van der Waals surface area contributed by atoms with E-state index in [9.17, 15) is 14.7 Å². The third-order valence-electron chi connectivity index (χ3n) is 4.00. The van der Waals surface area contributed by atoms with Crippen molar-refractivity contribution in [3.63, 3.8) is 0 Å². The van der Waals surface area contributed by atoms with Gasteiger partial charge in [0.25, 0.3) is 11.8 Å². The molecule has 0 bridgehead atoms. The van der Waals surface area contributed by atoms with Crippen molar-refractivity contribution in [3.8, 4) is 5.75 Å². The average molecular weight is 387 g/mol. The van der Waals surface area contributed by atoms with Gasteiger partial charge in [0.1, 0.15) is 11.3 Å². The van der Waals surface area contributed by atoms with Crippen LogP contribution in [-0.2, 0) is 16.0 Å². The Morgan fingerprint density at radius 2 is 1.96 bits per heavy atom. The lowest BCUT2D eigenvalue weighted by atomic mass is 10.0. The van der Waals surface area contributed by atoms with E-state index >= 15 is 0 Å². The van der Waals surface area contributed by atoms with Crippen molar-refractivity contribution in [2.75, 3.05) is 4.90 Å². The number of phenolic OH excluding ortho intramolecular Hbond substituents is 1. The second-order valence-corrected chi connectivity index (χ2v) is 6.44. The second kappa shape index (κ2) is 7.27. The molecule has 0 saturated carbocycles. The van der Waals surface area contributed by atoms with Crippen molar-refractivity contribution in [1.82, 2.24) is 5.32 Å². The molecule has 0 atom stereocenters. The molecule has 1 heterocycles. The number of amides is 2. The summed E-state index contributed by atoms with van der Waals surface area (Å²) in [6.07, 6.45) is 2.13. The highest BCUT2D eigenvalue weighted by Crippen LogP contribution is 2.28. The first kappa shape index (κ1) is 18.1. The maximum Gasteiger partial charge on any atom is 0.270 e. The summed E-state index contributed by atoms with van der Waals surface area (Å²) in [4.78, 5) is 26.6. The van der Waals surface area contributed by atoms with Gasteiger partial charge < -0.3 is 5.11 Å². The predicted molar refractivity (Wildman–Crippen MR) is 105 cm³/mol. The Hall–Kier alpha value is -2.70. The van der Waals surface area contributed by atoms with E-state index < -0.39 is 11.8 Å². The number of nitrogens with one attached hydrogen (secondary N) is 1. The van der Waals surface area contributed by atoms with E-state index in [2.05, 4.69) is 5.32 Å². The highest BCUT2D eigenvalue weighted by molar-refractivity contribution is 7.80. The van der Waals surface area contributed by atoms with Crippen LogP contribution in [0.1, 0.15) is 18.1 Å². The van der Waals surface area contributed by atoms with Crippen LogP contribution in [0.3, 0.4) is 0 Å². The fourth-order valence-electron chi connectivity index (χ4n) is 2.68. The zero-order chi connectivity index (χ0) is 18.8. The fraction of sp³-hybridized carbons (Fsp3) is 0.105. The van der Waals surface area contributed by atoms with Crippen LogP contribution in [0, 0.1) is 0 Å². The summed E-state index contributed by atoms with van der Waals surface area (Å²) in [7, 11) is 0. The van der Waals surface area contributed by atoms with Gasteiger partial charge in [-0.3, -0.25) is 19.8 Å². The van der Waals surface area contributed by atoms with Crippen LogP contribution < -0.4 is 10.2 Å². The Morgan fingerprint density at radius 3 is 2.65 bits per heavy atom. The molecule has 7 heteroatoms. The van der Waals surface area contributed by atoms with Gasteiger partial charge in [0.05, 0.1) is 10.7 Å². The summed E-state index contributed by atoms with van der Waals surface area (Å²) in [5.74, 6) is -1.16. The second-order valence-electron chi connectivity index (χ2n) is 5.65. The van der Waals surface area contributed by atoms with Crippen LogP contribution in [0.2, 0.25) is 5.02 Å². The Balaban J connectivity index is 2.05. The molecule has 0 unspecified atom stereocenters. The molecule has 2 N–H and O–H groups in total. The van der Waals surface area contributed by atoms with E-state index in [1.54, 1.807) is 12.1 Å². The Morgan fingerprint density at radius 1 is 1.23 bits per heavy atom. The van der Waals surface area contributed by atoms with E-state index in [0.29, 0.717) is 17.7 Å². The highest BCUT2D eigenvalue weighted by Gasteiger charge is 2.35. The fourth-order valence-corrected chi connectivity index (χ4v) is 3.15. The van der Waals surface area contributed by atoms with Gasteiger partial charge in [0, 0.05) is 0 Å². The molecule has 0 spiro atoms. The topological polar surface area (TPSA) is 69.6 Å². The van der Waals surface area contributed by atoms with Gasteiger partial charge in [-0.1, -0.05) is 42.8 Å². The van der Waals surface area contributed by atoms with E-state index in [1.165, 1.54) is 23.1 Å². The first-order valence-corrected chi connectivity index (χ1v) is 8.69. The molecule has 0 radical (unpaired) electrons. The van der Waals surface area contributed by atoms with E-state index in [-0.39, 0.29) is 21.5 Å². The van der Waals surface area contributed by atoms with Gasteiger partial charge in [0.2, 0.25) is 0 Å². The van der Waals surface area contributed by atoms with E-state index in [4.69, 9.17) is 23.8 Å². The number of aromatic hydroxyl groups is 1. The number of para-hydroxylation sites is 1. The molecule has 1 aliphatic heterocycles. The number of thiocarbonyl (C=S) groups is 1. The lowest BCUT2D eigenvalue weighted by Crippen LogP contribution is -2.54. The predicted octanol–water partition coefficient (Wildman–Crippen LogP) is 3.44. The molecule has 0 aliphatic carbocycles. The number of anilines is 1. The van der Waals surface area contributed by atoms with Crippen molar-refractivity contribution < 1.29 is 14.7 Å². The molecular weight excluding hydrogens is 372 g/mol. The SMILES string of the molecule is CCc1ccccc1N1C(=O)/C(=C/c2ccc(O)c(Cl)c2)C(=O)NC1=S. The minimum atomic E-state index is -0.575. The van der Waals surface area contributed by atoms with Crippen LogP contribution in [0.15, 0.2) is 48.0 Å². The summed E-state index contributed by atoms with van der Waals surface area (Å²) in [6, 6.07) is 11.8. The normalized spacial score (nSPS) is 16.2. The quantitative estimate of drug-likeness (QED) is 0.481. The number of benzene rings is 2. The summed E-state index contributed by atoms with van der Waals surface area (Å²) in [5, 5.41) is 12.2. The van der Waals surface area contributed by atoms with Crippen LogP contribution in [0.5, 0.6) is 5.75 Å². The average Bonchev–Trinajstić information content (AvgIpc) is 2.62. The standard InChI is InChI=1S/C19H15ClN2O3S/c1-2-12-5-3-4-6-15(12)22-18(25)13(17(24)21-19(22)26)9-11-7-8-16(23)14(20)10-11/h3-10,23H,2H2,1H3,(H,21,24,26)/b13-9+. The van der Waals surface area contributed by atoms with Crippen molar-refractivity contribution in [1.29, 1.82) is 0 Å². The third-order valence-corrected chi connectivity index (χ3v) is 4.59. The van der Waals surface area contributed by atoms with Crippen molar-refractivity contribution in [2.24, 2.45) is 0 Å². The van der Waals surface area contributed by atoms with Crippen LogP contribution >= 0.6 is 23.8 Å². The molecule has 3 rings (SSSR count). The number of hydrogen-bond acceptors (Lipinski definition) is 4. The first-order chi connectivity index (χ1) is 12.4. The minimum absolute atomic E-state index is 0.0433. The number of carbonyl (C=O) groups is 2. The zero-order valence-electron chi connectivity index (χ0n) is 13.8. The zero-order valence-corrected chi connectivity index (χ0v) is 15.4. The molecular formula is C19H15ClN2O3S. The smallest absolute Gasteiger partial charge is 0.270 e. The van der Waals surface area contributed by atoms with Gasteiger partial charge in [-0.05, 0) is 54.0 Å². The molecule has 2 aromatic rings. The van der Waals surface area contributed by atoms with Gasteiger partial charge in [-0.2, -0.15) is 0 Å². The lowest BCUT2D eigenvalue weighted by Gasteiger charge is -2.30. The molecule has 0 aromatic heterocycles. The Kier molecular flexibility index (Phi) is 5.06. The first-order valence-electron chi connectivity index (χ1n) is 7.90. The molecule has 1 saturated heterocycles. The molecule has 26 heavy (non-hydrogen) atoms. The van der Waals surface area contributed by atoms with Crippen LogP contribution in [0.4, 0.5) is 5.69 Å². The van der Waals surface area contributed by atoms with Gasteiger partial charge in [0.15, 0.2) is 5.11 Å². The Labute approximate surface area is 160 Å². The van der Waals surface area contributed by atoms with Crippen molar-refractivity contribution in [2.45, 2.75) is 13.3 Å². The number of aryl methyl sites for hydroxylation is 1. The highest BCUT2D eigenvalue weighted by atomic mass is 35.5. The monoisotopic (exact) mass is 386 g/mol. The van der Waals surface area contributed by atoms with E-state index in [0.717, 1.165) is 5.56 Å². The van der Waals surface area contributed by atoms with E-state index in [1.807, 2.05) is 25.1 Å². The number of halogens is 1. The number of hydrogen-bond donors (Lipinski definition) is 2. The largest absolute Gasteiger partial charge is 0.506 e.